The van der Waals surface area contributed by atoms with Gasteiger partial charge in [-0.25, -0.2) is 0 Å². The Hall–Kier alpha value is -0.200. The maximum absolute atomic E-state index is 5.68. The van der Waals surface area contributed by atoms with Crippen LogP contribution in [0.2, 0.25) is 0 Å². The van der Waals surface area contributed by atoms with E-state index in [1.807, 2.05) is 0 Å². The summed E-state index contributed by atoms with van der Waals surface area (Å²) in [6.45, 7) is 4.77. The fourth-order valence-electron chi connectivity index (χ4n) is 2.98. The van der Waals surface area contributed by atoms with E-state index in [0.717, 1.165) is 38.6 Å². The summed E-state index contributed by atoms with van der Waals surface area (Å²) in [4.78, 5) is 0. The molecule has 1 aliphatic rings. The standard InChI is InChI=1S/C18H36O5/c1-5-9-16(11-13-22-14-17-15-23-17)10-7-6-8-12-18(19-2,20-3)21-4/h16-17H,5-15H2,1-4H3. The third-order valence-corrected chi connectivity index (χ3v) is 4.60. The maximum atomic E-state index is 5.68. The number of ether oxygens (including phenoxy) is 5. The number of rotatable bonds is 16. The quantitative estimate of drug-likeness (QED) is 0.245. The Morgan fingerprint density at radius 3 is 2.26 bits per heavy atom. The number of methoxy groups -OCH3 is 3. The lowest BCUT2D eigenvalue weighted by molar-refractivity contribution is -0.355. The van der Waals surface area contributed by atoms with E-state index >= 15 is 0 Å². The highest BCUT2D eigenvalue weighted by atomic mass is 16.9. The summed E-state index contributed by atoms with van der Waals surface area (Å²) in [7, 11) is 4.87. The SMILES string of the molecule is CCCC(CCCCCC(OC)(OC)OC)CCOCC1CO1. The van der Waals surface area contributed by atoms with Crippen molar-refractivity contribution in [1.29, 1.82) is 0 Å². The zero-order valence-corrected chi connectivity index (χ0v) is 15.5. The highest BCUT2D eigenvalue weighted by Crippen LogP contribution is 2.24. The van der Waals surface area contributed by atoms with E-state index in [-0.39, 0.29) is 0 Å². The Balaban J connectivity index is 2.08. The molecule has 0 saturated carbocycles. The van der Waals surface area contributed by atoms with Crippen LogP contribution in [-0.2, 0) is 23.7 Å². The van der Waals surface area contributed by atoms with Gasteiger partial charge in [0.2, 0.25) is 0 Å². The molecule has 1 fully saturated rings. The van der Waals surface area contributed by atoms with Gasteiger partial charge in [-0.2, -0.15) is 0 Å². The molecule has 1 rings (SSSR count). The summed E-state index contributed by atoms with van der Waals surface area (Å²) >= 11 is 0. The summed E-state index contributed by atoms with van der Waals surface area (Å²) in [5, 5.41) is 0. The summed E-state index contributed by atoms with van der Waals surface area (Å²) < 4.78 is 26.8. The Labute approximate surface area is 142 Å². The van der Waals surface area contributed by atoms with Crippen LogP contribution in [-0.4, -0.2) is 53.2 Å². The van der Waals surface area contributed by atoms with Crippen LogP contribution < -0.4 is 0 Å². The van der Waals surface area contributed by atoms with Crippen molar-refractivity contribution in [2.45, 2.75) is 70.4 Å². The molecule has 0 aromatic heterocycles. The molecule has 2 unspecified atom stereocenters. The topological polar surface area (TPSA) is 49.5 Å². The normalized spacial score (nSPS) is 19.0. The van der Waals surface area contributed by atoms with Crippen LogP contribution in [0.15, 0.2) is 0 Å². The molecular weight excluding hydrogens is 296 g/mol. The van der Waals surface area contributed by atoms with E-state index in [0.29, 0.717) is 6.10 Å². The van der Waals surface area contributed by atoms with Crippen LogP contribution in [0.25, 0.3) is 0 Å². The Morgan fingerprint density at radius 1 is 1.00 bits per heavy atom. The zero-order valence-electron chi connectivity index (χ0n) is 15.5. The molecule has 0 aromatic carbocycles. The summed E-state index contributed by atoms with van der Waals surface area (Å²) in [5.41, 5.74) is 0. The highest BCUT2D eigenvalue weighted by molar-refractivity contribution is 4.67. The van der Waals surface area contributed by atoms with Gasteiger partial charge in [-0.3, -0.25) is 0 Å². The zero-order chi connectivity index (χ0) is 17.0. The van der Waals surface area contributed by atoms with Crippen molar-refractivity contribution in [3.63, 3.8) is 0 Å². The molecule has 2 atom stereocenters. The number of hydrogen-bond acceptors (Lipinski definition) is 5. The molecule has 1 heterocycles. The van der Waals surface area contributed by atoms with Gasteiger partial charge in [-0.05, 0) is 18.8 Å². The molecule has 0 N–H and O–H groups in total. The van der Waals surface area contributed by atoms with E-state index in [1.165, 1.54) is 38.5 Å². The predicted octanol–water partition coefficient (Wildman–Crippen LogP) is 3.75. The summed E-state index contributed by atoms with van der Waals surface area (Å²) in [6, 6.07) is 0. The van der Waals surface area contributed by atoms with Crippen molar-refractivity contribution >= 4 is 0 Å². The van der Waals surface area contributed by atoms with Crippen molar-refractivity contribution in [2.24, 2.45) is 5.92 Å². The first-order valence-electron chi connectivity index (χ1n) is 9.04. The van der Waals surface area contributed by atoms with Crippen LogP contribution in [0.1, 0.15) is 58.3 Å². The lowest BCUT2D eigenvalue weighted by Crippen LogP contribution is -2.35. The van der Waals surface area contributed by atoms with E-state index in [1.54, 1.807) is 21.3 Å². The van der Waals surface area contributed by atoms with Gasteiger partial charge in [0.25, 0.3) is 5.97 Å². The van der Waals surface area contributed by atoms with E-state index < -0.39 is 5.97 Å². The molecule has 0 radical (unpaired) electrons. The van der Waals surface area contributed by atoms with Crippen molar-refractivity contribution in [2.75, 3.05) is 41.2 Å². The Morgan fingerprint density at radius 2 is 1.70 bits per heavy atom. The van der Waals surface area contributed by atoms with Crippen LogP contribution >= 0.6 is 0 Å². The van der Waals surface area contributed by atoms with Gasteiger partial charge < -0.3 is 23.7 Å². The van der Waals surface area contributed by atoms with E-state index in [9.17, 15) is 0 Å². The van der Waals surface area contributed by atoms with Crippen LogP contribution in [0.3, 0.4) is 0 Å². The second-order valence-electron chi connectivity index (χ2n) is 6.37. The fourth-order valence-corrected chi connectivity index (χ4v) is 2.98. The lowest BCUT2D eigenvalue weighted by atomic mass is 9.93. The minimum atomic E-state index is -0.873. The second-order valence-corrected chi connectivity index (χ2v) is 6.37. The first kappa shape index (κ1) is 20.8. The average Bonchev–Trinajstić information content (AvgIpc) is 3.39. The number of epoxide rings is 1. The smallest absolute Gasteiger partial charge is 0.282 e. The third-order valence-electron chi connectivity index (χ3n) is 4.60. The molecule has 0 aliphatic carbocycles. The largest absolute Gasteiger partial charge is 0.379 e. The molecule has 0 bridgehead atoms. The Bertz CT molecular complexity index is 268. The second kappa shape index (κ2) is 12.2. The van der Waals surface area contributed by atoms with Crippen molar-refractivity contribution in [3.8, 4) is 0 Å². The van der Waals surface area contributed by atoms with Gasteiger partial charge in [0.1, 0.15) is 6.10 Å². The van der Waals surface area contributed by atoms with E-state index in [2.05, 4.69) is 6.92 Å². The predicted molar refractivity (Wildman–Crippen MR) is 90.4 cm³/mol. The van der Waals surface area contributed by atoms with Crippen molar-refractivity contribution < 1.29 is 23.7 Å². The van der Waals surface area contributed by atoms with Gasteiger partial charge >= 0.3 is 0 Å². The molecule has 0 spiro atoms. The molecule has 1 saturated heterocycles. The minimum Gasteiger partial charge on any atom is -0.379 e. The first-order valence-corrected chi connectivity index (χ1v) is 9.04. The van der Waals surface area contributed by atoms with Gasteiger partial charge in [-0.15, -0.1) is 0 Å². The Kier molecular flexibility index (Phi) is 11.1. The molecular formula is C18H36O5. The number of hydrogen-bond donors (Lipinski definition) is 0. The molecule has 5 heteroatoms. The summed E-state index contributed by atoms with van der Waals surface area (Å²) in [6.07, 6.45) is 9.58. The van der Waals surface area contributed by atoms with Crippen LogP contribution in [0, 0.1) is 5.92 Å². The monoisotopic (exact) mass is 332 g/mol. The minimum absolute atomic E-state index is 0.377. The molecule has 138 valence electrons. The molecule has 1 aliphatic heterocycles. The van der Waals surface area contributed by atoms with Gasteiger partial charge in [0, 0.05) is 34.4 Å². The van der Waals surface area contributed by atoms with E-state index in [4.69, 9.17) is 23.7 Å². The molecule has 0 aromatic rings. The molecule has 0 amide bonds. The first-order chi connectivity index (χ1) is 11.2. The third kappa shape index (κ3) is 9.01. The van der Waals surface area contributed by atoms with Gasteiger partial charge in [0.15, 0.2) is 0 Å². The van der Waals surface area contributed by atoms with Crippen molar-refractivity contribution in [3.05, 3.63) is 0 Å². The highest BCUT2D eigenvalue weighted by Gasteiger charge is 2.28. The van der Waals surface area contributed by atoms with Gasteiger partial charge in [-0.1, -0.05) is 39.0 Å². The number of unbranched alkanes of at least 4 members (excludes halogenated alkanes) is 2. The van der Waals surface area contributed by atoms with Crippen LogP contribution in [0.5, 0.6) is 0 Å². The van der Waals surface area contributed by atoms with Crippen LogP contribution in [0.4, 0.5) is 0 Å². The maximum Gasteiger partial charge on any atom is 0.282 e. The lowest BCUT2D eigenvalue weighted by Gasteiger charge is -2.28. The summed E-state index contributed by atoms with van der Waals surface area (Å²) in [5.74, 6) is -0.0983. The average molecular weight is 332 g/mol. The molecule has 5 nitrogen and oxygen atoms in total. The molecule has 23 heavy (non-hydrogen) atoms. The van der Waals surface area contributed by atoms with Crippen molar-refractivity contribution in [1.82, 2.24) is 0 Å². The van der Waals surface area contributed by atoms with Gasteiger partial charge in [0.05, 0.1) is 13.2 Å². The fraction of sp³-hybridized carbons (Fsp3) is 1.00.